The molecule has 0 saturated heterocycles. The van der Waals surface area contributed by atoms with E-state index in [9.17, 15) is 5.11 Å². The van der Waals surface area contributed by atoms with Crippen LogP contribution >= 0.6 is 11.3 Å². The van der Waals surface area contributed by atoms with Crippen molar-refractivity contribution in [2.24, 2.45) is 0 Å². The zero-order chi connectivity index (χ0) is 11.0. The van der Waals surface area contributed by atoms with E-state index >= 15 is 0 Å². The van der Waals surface area contributed by atoms with E-state index in [0.717, 1.165) is 0 Å². The van der Waals surface area contributed by atoms with E-state index in [0.29, 0.717) is 0 Å². The van der Waals surface area contributed by atoms with E-state index in [1.807, 2.05) is 6.08 Å². The van der Waals surface area contributed by atoms with E-state index in [1.54, 1.807) is 23.6 Å². The molecule has 3 rings (SSSR count). The van der Waals surface area contributed by atoms with Crippen LogP contribution in [0.3, 0.4) is 0 Å². The molecule has 3 heteroatoms. The molecule has 0 fully saturated rings. The van der Waals surface area contributed by atoms with E-state index in [4.69, 9.17) is 0 Å². The number of aliphatic hydroxyl groups is 1. The van der Waals surface area contributed by atoms with E-state index in [2.05, 4.69) is 35.6 Å². The Morgan fingerprint density at radius 2 is 2.12 bits per heavy atom. The Kier molecular flexibility index (Phi) is 2.18. The zero-order valence-corrected chi connectivity index (χ0v) is 9.37. The maximum Gasteiger partial charge on any atom is 0.130 e. The van der Waals surface area contributed by atoms with Gasteiger partial charge in [0.15, 0.2) is 0 Å². The van der Waals surface area contributed by atoms with Crippen molar-refractivity contribution in [2.75, 3.05) is 0 Å². The Balaban J connectivity index is 1.98. The molecule has 1 atom stereocenters. The van der Waals surface area contributed by atoms with Gasteiger partial charge in [0, 0.05) is 15.8 Å². The molecule has 0 radical (unpaired) electrons. The maximum absolute atomic E-state index is 9.23. The fourth-order valence-corrected chi connectivity index (χ4v) is 2.91. The lowest BCUT2D eigenvalue weighted by molar-refractivity contribution is 0.421. The van der Waals surface area contributed by atoms with Crippen molar-refractivity contribution in [2.45, 2.75) is 6.04 Å². The van der Waals surface area contributed by atoms with Gasteiger partial charge in [0.25, 0.3) is 0 Å². The summed E-state index contributed by atoms with van der Waals surface area (Å²) >= 11 is 1.78. The van der Waals surface area contributed by atoms with Gasteiger partial charge in [0.1, 0.15) is 5.76 Å². The van der Waals surface area contributed by atoms with Crippen molar-refractivity contribution in [1.29, 1.82) is 0 Å². The third kappa shape index (κ3) is 1.59. The van der Waals surface area contributed by atoms with Crippen molar-refractivity contribution < 1.29 is 5.11 Å². The van der Waals surface area contributed by atoms with Crippen molar-refractivity contribution in [1.82, 2.24) is 5.32 Å². The Morgan fingerprint density at radius 1 is 1.25 bits per heavy atom. The summed E-state index contributed by atoms with van der Waals surface area (Å²) in [6.07, 6.45) is 5.33. The van der Waals surface area contributed by atoms with Crippen LogP contribution in [0, 0.1) is 0 Å². The fraction of sp³-hybridized carbons (Fsp3) is 0.0769. The highest BCUT2D eigenvalue weighted by Crippen LogP contribution is 2.31. The predicted octanol–water partition coefficient (Wildman–Crippen LogP) is 3.50. The summed E-state index contributed by atoms with van der Waals surface area (Å²) in [6, 6.07) is 10.7. The van der Waals surface area contributed by atoms with Crippen LogP contribution in [0.5, 0.6) is 0 Å². The minimum absolute atomic E-state index is 0.174. The van der Waals surface area contributed by atoms with Gasteiger partial charge in [0.2, 0.25) is 0 Å². The number of fused-ring (bicyclic) bond motifs is 1. The number of aliphatic hydroxyl groups excluding tert-OH is 1. The number of allylic oxidation sites excluding steroid dienone is 1. The Morgan fingerprint density at radius 3 is 2.88 bits per heavy atom. The molecule has 2 heterocycles. The first kappa shape index (κ1) is 9.48. The zero-order valence-electron chi connectivity index (χ0n) is 8.55. The smallest absolute Gasteiger partial charge is 0.130 e. The highest BCUT2D eigenvalue weighted by Gasteiger charge is 2.12. The minimum atomic E-state index is 0.174. The van der Waals surface area contributed by atoms with Crippen LogP contribution in [0.15, 0.2) is 54.4 Å². The quantitative estimate of drug-likeness (QED) is 0.784. The van der Waals surface area contributed by atoms with Crippen LogP contribution in [0.2, 0.25) is 0 Å². The molecule has 0 saturated carbocycles. The molecular weight excluding hydrogens is 218 g/mol. The monoisotopic (exact) mass is 229 g/mol. The molecule has 16 heavy (non-hydrogen) atoms. The second-order valence-electron chi connectivity index (χ2n) is 3.76. The summed E-state index contributed by atoms with van der Waals surface area (Å²) in [5.74, 6) is 0.275. The van der Waals surface area contributed by atoms with Gasteiger partial charge in [-0.15, -0.1) is 11.3 Å². The van der Waals surface area contributed by atoms with Gasteiger partial charge in [-0.05, 0) is 23.6 Å². The first-order valence-electron chi connectivity index (χ1n) is 5.15. The molecule has 2 aromatic rings. The van der Waals surface area contributed by atoms with Crippen molar-refractivity contribution in [3.05, 3.63) is 59.3 Å². The summed E-state index contributed by atoms with van der Waals surface area (Å²) in [7, 11) is 0. The summed E-state index contributed by atoms with van der Waals surface area (Å²) in [4.78, 5) is 1.27. The Labute approximate surface area is 97.5 Å². The maximum atomic E-state index is 9.23. The predicted molar refractivity (Wildman–Crippen MR) is 67.6 cm³/mol. The van der Waals surface area contributed by atoms with Gasteiger partial charge in [0.05, 0.1) is 6.04 Å². The number of dihydropyridines is 1. The summed E-state index contributed by atoms with van der Waals surface area (Å²) in [5.41, 5.74) is 0. The number of rotatable bonds is 1. The number of hydrogen-bond donors (Lipinski definition) is 2. The number of thiophene rings is 1. The lowest BCUT2D eigenvalue weighted by Gasteiger charge is -2.14. The highest BCUT2D eigenvalue weighted by atomic mass is 32.1. The van der Waals surface area contributed by atoms with Gasteiger partial charge in [-0.3, -0.25) is 0 Å². The molecule has 2 nitrogen and oxygen atoms in total. The first-order chi connectivity index (χ1) is 7.83. The second-order valence-corrected chi connectivity index (χ2v) is 4.87. The van der Waals surface area contributed by atoms with E-state index in [-0.39, 0.29) is 11.8 Å². The molecule has 1 aliphatic rings. The molecule has 1 aromatic carbocycles. The standard InChI is InChI=1S/C13H11NOS/c15-10-5-6-11(14-8-10)13-7-9-3-1-2-4-12(9)16-13/h1-8,11,14-15H. The van der Waals surface area contributed by atoms with Crippen LogP contribution in [0.1, 0.15) is 10.9 Å². The molecular formula is C13H11NOS. The Hall–Kier alpha value is -1.74. The number of nitrogens with one attached hydrogen (secondary N) is 1. The molecule has 0 aliphatic carbocycles. The highest BCUT2D eigenvalue weighted by molar-refractivity contribution is 7.19. The van der Waals surface area contributed by atoms with Crippen LogP contribution in [0.4, 0.5) is 0 Å². The average Bonchev–Trinajstić information content (AvgIpc) is 2.73. The second kappa shape index (κ2) is 3.68. The van der Waals surface area contributed by atoms with Gasteiger partial charge in [-0.25, -0.2) is 0 Å². The lowest BCUT2D eigenvalue weighted by Crippen LogP contribution is -2.15. The van der Waals surface area contributed by atoms with Crippen LogP contribution in [-0.2, 0) is 0 Å². The van der Waals surface area contributed by atoms with Crippen LogP contribution in [-0.4, -0.2) is 5.11 Å². The van der Waals surface area contributed by atoms with Gasteiger partial charge in [-0.1, -0.05) is 24.3 Å². The molecule has 0 amide bonds. The lowest BCUT2D eigenvalue weighted by atomic mass is 10.1. The molecule has 0 spiro atoms. The molecule has 1 aromatic heterocycles. The molecule has 1 aliphatic heterocycles. The van der Waals surface area contributed by atoms with Crippen molar-refractivity contribution in [3.8, 4) is 0 Å². The summed E-state index contributed by atoms with van der Waals surface area (Å²) in [5, 5.41) is 13.7. The third-order valence-electron chi connectivity index (χ3n) is 2.62. The number of hydrogen-bond acceptors (Lipinski definition) is 3. The minimum Gasteiger partial charge on any atom is -0.506 e. The molecule has 0 bridgehead atoms. The van der Waals surface area contributed by atoms with E-state index in [1.165, 1.54) is 15.0 Å². The normalized spacial score (nSPS) is 19.5. The third-order valence-corrected chi connectivity index (χ3v) is 3.82. The largest absolute Gasteiger partial charge is 0.506 e. The van der Waals surface area contributed by atoms with Gasteiger partial charge < -0.3 is 10.4 Å². The van der Waals surface area contributed by atoms with Crippen molar-refractivity contribution in [3.63, 3.8) is 0 Å². The summed E-state index contributed by atoms with van der Waals surface area (Å²) < 4.78 is 1.30. The van der Waals surface area contributed by atoms with E-state index < -0.39 is 0 Å². The average molecular weight is 229 g/mol. The molecule has 2 N–H and O–H groups in total. The molecule has 1 unspecified atom stereocenters. The number of benzene rings is 1. The fourth-order valence-electron chi connectivity index (χ4n) is 1.81. The van der Waals surface area contributed by atoms with Gasteiger partial charge >= 0.3 is 0 Å². The van der Waals surface area contributed by atoms with Crippen molar-refractivity contribution >= 4 is 21.4 Å². The van der Waals surface area contributed by atoms with Gasteiger partial charge in [-0.2, -0.15) is 0 Å². The van der Waals surface area contributed by atoms with Crippen LogP contribution < -0.4 is 5.32 Å². The topological polar surface area (TPSA) is 32.3 Å². The van der Waals surface area contributed by atoms with Crippen LogP contribution in [0.25, 0.3) is 10.1 Å². The SMILES string of the molecule is OC1=CNC(c2cc3ccccc3s2)C=C1. The molecule has 80 valence electrons. The summed E-state index contributed by atoms with van der Waals surface area (Å²) in [6.45, 7) is 0. The Bertz CT molecular complexity index is 549. The first-order valence-corrected chi connectivity index (χ1v) is 5.96.